The summed E-state index contributed by atoms with van der Waals surface area (Å²) in [6, 6.07) is 4.91. The molecule has 25 heavy (non-hydrogen) atoms. The third kappa shape index (κ3) is 3.69. The summed E-state index contributed by atoms with van der Waals surface area (Å²) in [5.41, 5.74) is 1.40. The standard InChI is InChI=1S/C18H21ClN4O2/c1-12(2)18(25)23-8-3-4-16(23)17(24)21-13-5-6-15(14(19)10-13)22-9-7-20-11-22/h5-7,9-12,16H,3-4,8H2,1-2H3,(H,21,24). The lowest BCUT2D eigenvalue weighted by molar-refractivity contribution is -0.139. The zero-order valence-corrected chi connectivity index (χ0v) is 15.0. The Bertz CT molecular complexity index is 773. The van der Waals surface area contributed by atoms with E-state index in [0.717, 1.165) is 12.1 Å². The maximum absolute atomic E-state index is 12.6. The minimum atomic E-state index is -0.415. The first kappa shape index (κ1) is 17.5. The molecule has 0 saturated carbocycles. The number of nitrogens with one attached hydrogen (secondary N) is 1. The SMILES string of the molecule is CC(C)C(=O)N1CCCC1C(=O)Nc1ccc(-n2ccnc2)c(Cl)c1. The molecular formula is C18H21ClN4O2. The van der Waals surface area contributed by atoms with Gasteiger partial charge in [0.2, 0.25) is 11.8 Å². The molecule has 2 heterocycles. The highest BCUT2D eigenvalue weighted by Crippen LogP contribution is 2.26. The van der Waals surface area contributed by atoms with E-state index >= 15 is 0 Å². The number of carbonyl (C=O) groups excluding carboxylic acids is 2. The number of aromatic nitrogens is 2. The Labute approximate surface area is 151 Å². The van der Waals surface area contributed by atoms with Crippen LogP contribution in [0.5, 0.6) is 0 Å². The van der Waals surface area contributed by atoms with E-state index in [9.17, 15) is 9.59 Å². The number of anilines is 1. The van der Waals surface area contributed by atoms with Crippen molar-refractivity contribution < 1.29 is 9.59 Å². The Morgan fingerprint density at radius 2 is 2.16 bits per heavy atom. The number of imidazole rings is 1. The number of halogens is 1. The topological polar surface area (TPSA) is 67.2 Å². The van der Waals surface area contributed by atoms with Gasteiger partial charge >= 0.3 is 0 Å². The molecule has 1 aromatic heterocycles. The van der Waals surface area contributed by atoms with Crippen LogP contribution in [0.1, 0.15) is 26.7 Å². The van der Waals surface area contributed by atoms with Gasteiger partial charge in [-0.05, 0) is 31.0 Å². The summed E-state index contributed by atoms with van der Waals surface area (Å²) >= 11 is 6.32. The fourth-order valence-electron chi connectivity index (χ4n) is 3.06. The zero-order chi connectivity index (χ0) is 18.0. The van der Waals surface area contributed by atoms with E-state index in [1.165, 1.54) is 0 Å². The van der Waals surface area contributed by atoms with E-state index in [1.54, 1.807) is 40.3 Å². The second-order valence-corrected chi connectivity index (χ2v) is 6.88. The number of benzene rings is 1. The van der Waals surface area contributed by atoms with Gasteiger partial charge in [0.15, 0.2) is 0 Å². The van der Waals surface area contributed by atoms with Crippen LogP contribution in [0.3, 0.4) is 0 Å². The second kappa shape index (κ2) is 7.27. The predicted molar refractivity (Wildman–Crippen MR) is 96.8 cm³/mol. The highest BCUT2D eigenvalue weighted by molar-refractivity contribution is 6.32. The summed E-state index contributed by atoms with van der Waals surface area (Å²) in [6.45, 7) is 4.34. The third-order valence-corrected chi connectivity index (χ3v) is 4.63. The lowest BCUT2D eigenvalue weighted by atomic mass is 10.1. The fraction of sp³-hybridized carbons (Fsp3) is 0.389. The molecule has 2 aromatic rings. The number of hydrogen-bond donors (Lipinski definition) is 1. The highest BCUT2D eigenvalue weighted by Gasteiger charge is 2.34. The largest absolute Gasteiger partial charge is 0.330 e. The third-order valence-electron chi connectivity index (χ3n) is 4.33. The monoisotopic (exact) mass is 360 g/mol. The average Bonchev–Trinajstić information content (AvgIpc) is 3.25. The molecule has 3 rings (SSSR count). The van der Waals surface area contributed by atoms with Gasteiger partial charge in [-0.25, -0.2) is 4.98 Å². The zero-order valence-electron chi connectivity index (χ0n) is 14.3. The molecule has 6 nitrogen and oxygen atoms in total. The van der Waals surface area contributed by atoms with Crippen molar-refractivity contribution in [3.63, 3.8) is 0 Å². The molecule has 132 valence electrons. The van der Waals surface area contributed by atoms with Gasteiger partial charge in [-0.3, -0.25) is 9.59 Å². The molecule has 0 bridgehead atoms. The number of hydrogen-bond acceptors (Lipinski definition) is 3. The molecule has 1 atom stereocenters. The molecule has 1 unspecified atom stereocenters. The fourth-order valence-corrected chi connectivity index (χ4v) is 3.33. The van der Waals surface area contributed by atoms with Crippen molar-refractivity contribution in [1.29, 1.82) is 0 Å². The van der Waals surface area contributed by atoms with E-state index in [0.29, 0.717) is 23.7 Å². The first-order chi connectivity index (χ1) is 12.0. The summed E-state index contributed by atoms with van der Waals surface area (Å²) in [4.78, 5) is 30.6. The van der Waals surface area contributed by atoms with Crippen LogP contribution in [0.2, 0.25) is 5.02 Å². The summed E-state index contributed by atoms with van der Waals surface area (Å²) in [5.74, 6) is -0.263. The number of rotatable bonds is 4. The Morgan fingerprint density at radius 3 is 2.80 bits per heavy atom. The van der Waals surface area contributed by atoms with Crippen molar-refractivity contribution in [2.45, 2.75) is 32.7 Å². The second-order valence-electron chi connectivity index (χ2n) is 6.47. The Morgan fingerprint density at radius 1 is 1.36 bits per heavy atom. The maximum Gasteiger partial charge on any atom is 0.247 e. The lowest BCUT2D eigenvalue weighted by Gasteiger charge is -2.25. The van der Waals surface area contributed by atoms with Crippen LogP contribution in [0.4, 0.5) is 5.69 Å². The van der Waals surface area contributed by atoms with Gasteiger partial charge in [0.1, 0.15) is 6.04 Å². The summed E-state index contributed by atoms with van der Waals surface area (Å²) < 4.78 is 1.80. The molecule has 1 N–H and O–H groups in total. The molecule has 7 heteroatoms. The molecular weight excluding hydrogens is 340 g/mol. The predicted octanol–water partition coefficient (Wildman–Crippen LogP) is 3.11. The van der Waals surface area contributed by atoms with E-state index in [2.05, 4.69) is 10.3 Å². The van der Waals surface area contributed by atoms with Crippen molar-refractivity contribution in [3.8, 4) is 5.69 Å². The van der Waals surface area contributed by atoms with Crippen LogP contribution in [0.25, 0.3) is 5.69 Å². The molecule has 1 fully saturated rings. The van der Waals surface area contributed by atoms with Gasteiger partial charge in [0.05, 0.1) is 17.0 Å². The summed E-state index contributed by atoms with van der Waals surface area (Å²) in [6.07, 6.45) is 6.66. The van der Waals surface area contributed by atoms with Gasteiger partial charge in [-0.15, -0.1) is 0 Å². The smallest absolute Gasteiger partial charge is 0.247 e. The van der Waals surface area contributed by atoms with E-state index in [1.807, 2.05) is 19.9 Å². The summed E-state index contributed by atoms with van der Waals surface area (Å²) in [7, 11) is 0. The van der Waals surface area contributed by atoms with Crippen LogP contribution in [-0.4, -0.2) is 38.9 Å². The van der Waals surface area contributed by atoms with E-state index in [4.69, 9.17) is 11.6 Å². The van der Waals surface area contributed by atoms with Crippen molar-refractivity contribution in [3.05, 3.63) is 41.9 Å². The molecule has 0 aliphatic carbocycles. The van der Waals surface area contributed by atoms with Crippen molar-refractivity contribution in [1.82, 2.24) is 14.5 Å². The summed E-state index contributed by atoms with van der Waals surface area (Å²) in [5, 5.41) is 3.39. The Kier molecular flexibility index (Phi) is 5.08. The van der Waals surface area contributed by atoms with E-state index in [-0.39, 0.29) is 17.7 Å². The number of amides is 2. The minimum Gasteiger partial charge on any atom is -0.330 e. The molecule has 0 spiro atoms. The Balaban J connectivity index is 1.73. The van der Waals surface area contributed by atoms with Crippen LogP contribution < -0.4 is 5.32 Å². The van der Waals surface area contributed by atoms with Gasteiger partial charge in [-0.2, -0.15) is 0 Å². The van der Waals surface area contributed by atoms with Crippen LogP contribution in [0, 0.1) is 5.92 Å². The molecule has 2 amide bonds. The normalized spacial score (nSPS) is 17.1. The van der Waals surface area contributed by atoms with Gasteiger partial charge in [-0.1, -0.05) is 25.4 Å². The lowest BCUT2D eigenvalue weighted by Crippen LogP contribution is -2.44. The Hall–Kier alpha value is -2.34. The van der Waals surface area contributed by atoms with Gasteiger partial charge in [0.25, 0.3) is 0 Å². The molecule has 1 aromatic carbocycles. The number of likely N-dealkylation sites (tertiary alicyclic amines) is 1. The highest BCUT2D eigenvalue weighted by atomic mass is 35.5. The first-order valence-corrected chi connectivity index (χ1v) is 8.74. The van der Waals surface area contributed by atoms with Gasteiger partial charge in [0, 0.05) is 30.5 Å². The maximum atomic E-state index is 12.6. The molecule has 0 radical (unpaired) electrons. The molecule has 1 aliphatic heterocycles. The van der Waals surface area contributed by atoms with Crippen LogP contribution in [-0.2, 0) is 9.59 Å². The average molecular weight is 361 g/mol. The number of nitrogens with zero attached hydrogens (tertiary/aromatic N) is 3. The van der Waals surface area contributed by atoms with Gasteiger partial charge < -0.3 is 14.8 Å². The van der Waals surface area contributed by atoms with Crippen molar-refractivity contribution in [2.24, 2.45) is 5.92 Å². The molecule has 1 saturated heterocycles. The van der Waals surface area contributed by atoms with E-state index < -0.39 is 6.04 Å². The molecule has 1 aliphatic rings. The van der Waals surface area contributed by atoms with Crippen LogP contribution in [0.15, 0.2) is 36.9 Å². The quantitative estimate of drug-likeness (QED) is 0.910. The van der Waals surface area contributed by atoms with Crippen LogP contribution >= 0.6 is 11.6 Å². The van der Waals surface area contributed by atoms with Crippen molar-refractivity contribution in [2.75, 3.05) is 11.9 Å². The van der Waals surface area contributed by atoms with Crippen molar-refractivity contribution >= 4 is 29.1 Å². The number of carbonyl (C=O) groups is 2. The first-order valence-electron chi connectivity index (χ1n) is 8.36. The minimum absolute atomic E-state index is 0.0196.